The Kier molecular flexibility index (Phi) is 4.92. The topological polar surface area (TPSA) is 142 Å². The summed E-state index contributed by atoms with van der Waals surface area (Å²) in [7, 11) is -3.50. The number of fused-ring (bicyclic) bond motifs is 1. The number of rotatable bonds is 5. The normalized spacial score (nSPS) is 29.0. The molecule has 1 unspecified atom stereocenters. The van der Waals surface area contributed by atoms with E-state index in [1.807, 2.05) is 0 Å². The molecule has 2 aromatic heterocycles. The van der Waals surface area contributed by atoms with Gasteiger partial charge in [0.2, 0.25) is 0 Å². The zero-order valence-corrected chi connectivity index (χ0v) is 16.7. The summed E-state index contributed by atoms with van der Waals surface area (Å²) >= 11 is 0. The van der Waals surface area contributed by atoms with Crippen molar-refractivity contribution in [1.82, 2.24) is 19.5 Å². The molecule has 10 nitrogen and oxygen atoms in total. The lowest BCUT2D eigenvalue weighted by Crippen LogP contribution is -2.39. The number of aromatic nitrogens is 4. The van der Waals surface area contributed by atoms with Crippen LogP contribution in [0.4, 0.5) is 5.82 Å². The van der Waals surface area contributed by atoms with Gasteiger partial charge in [-0.15, -0.1) is 0 Å². The zero-order chi connectivity index (χ0) is 20.1. The number of aliphatic hydroxyl groups excluding tert-OH is 1. The van der Waals surface area contributed by atoms with Gasteiger partial charge >= 0.3 is 6.01 Å². The number of nitrogen functional groups attached to an aromatic ring is 1. The molecule has 1 saturated carbocycles. The van der Waals surface area contributed by atoms with Gasteiger partial charge in [0.25, 0.3) is 0 Å². The van der Waals surface area contributed by atoms with Crippen LogP contribution in [0.2, 0.25) is 0 Å². The van der Waals surface area contributed by atoms with Crippen LogP contribution in [0.25, 0.3) is 11.2 Å². The van der Waals surface area contributed by atoms with Crippen LogP contribution in [0.1, 0.15) is 45.8 Å². The maximum Gasteiger partial charge on any atom is 0.320 e. The summed E-state index contributed by atoms with van der Waals surface area (Å²) in [5.41, 5.74) is 6.71. The number of sulfone groups is 1. The van der Waals surface area contributed by atoms with Crippen molar-refractivity contribution in [2.24, 2.45) is 0 Å². The van der Waals surface area contributed by atoms with E-state index in [-0.39, 0.29) is 23.7 Å². The molecule has 3 heterocycles. The average Bonchev–Trinajstić information content (AvgIpc) is 3.35. The fourth-order valence-corrected chi connectivity index (χ4v) is 5.65. The molecule has 2 aliphatic rings. The summed E-state index contributed by atoms with van der Waals surface area (Å²) in [4.78, 5) is 12.8. The number of imidazole rings is 1. The quantitative estimate of drug-likeness (QED) is 0.730. The van der Waals surface area contributed by atoms with Crippen LogP contribution >= 0.6 is 0 Å². The van der Waals surface area contributed by atoms with Crippen molar-refractivity contribution in [3.63, 3.8) is 0 Å². The van der Waals surface area contributed by atoms with Crippen molar-refractivity contribution in [3.8, 4) is 6.01 Å². The summed E-state index contributed by atoms with van der Waals surface area (Å²) in [6, 6.07) is 0.150. The lowest BCUT2D eigenvalue weighted by atomic mass is 10.2. The van der Waals surface area contributed by atoms with Crippen LogP contribution in [-0.2, 0) is 14.6 Å². The van der Waals surface area contributed by atoms with E-state index in [2.05, 4.69) is 15.0 Å². The molecule has 11 heteroatoms. The van der Waals surface area contributed by atoms with E-state index in [0.717, 1.165) is 25.7 Å². The second-order valence-corrected chi connectivity index (χ2v) is 9.83. The van der Waals surface area contributed by atoms with Gasteiger partial charge in [-0.1, -0.05) is 6.92 Å². The van der Waals surface area contributed by atoms with Gasteiger partial charge in [0.05, 0.1) is 12.4 Å². The Bertz CT molecular complexity index is 972. The molecule has 0 aromatic carbocycles. The lowest BCUT2D eigenvalue weighted by Gasteiger charge is -2.19. The van der Waals surface area contributed by atoms with Crippen LogP contribution in [0.5, 0.6) is 6.01 Å². The highest BCUT2D eigenvalue weighted by atomic mass is 32.2. The van der Waals surface area contributed by atoms with Crippen LogP contribution in [0.15, 0.2) is 6.33 Å². The van der Waals surface area contributed by atoms with Gasteiger partial charge in [-0.05, 0) is 32.6 Å². The molecule has 1 aliphatic heterocycles. The largest absolute Gasteiger partial charge is 0.460 e. The fourth-order valence-electron chi connectivity index (χ4n) is 4.06. The van der Waals surface area contributed by atoms with E-state index in [9.17, 15) is 13.5 Å². The minimum atomic E-state index is -3.50. The molecule has 154 valence electrons. The predicted octanol–water partition coefficient (Wildman–Crippen LogP) is 0.811. The smallest absolute Gasteiger partial charge is 0.320 e. The number of nitrogens with two attached hydrogens (primary N) is 1. The highest BCUT2D eigenvalue weighted by molar-refractivity contribution is 7.92. The van der Waals surface area contributed by atoms with E-state index in [4.69, 9.17) is 15.2 Å². The first-order valence-corrected chi connectivity index (χ1v) is 11.2. The Labute approximate surface area is 163 Å². The second-order valence-electron chi connectivity index (χ2n) is 7.38. The number of ether oxygens (including phenoxy) is 2. The standard InChI is InChI=1S/C17H25N5O5S/c1-3-28(24,25)13-9(2)26-16(12(13)23)22-8-19-11-14(18)20-17(21-15(11)22)27-10-6-4-5-7-10/h8-10,12-13,16,23H,3-7H2,1-2H3,(H2,18,20,21)/t9-,12-,13+,16?/m1/s1. The van der Waals surface area contributed by atoms with E-state index in [0.29, 0.717) is 11.2 Å². The third-order valence-corrected chi connectivity index (χ3v) is 7.84. The SMILES string of the molecule is CCS(=O)(=O)[C@H]1[C@@H](C)OC(n2cnc3c(N)nc(OC4CCCC4)nc32)[C@@H]1O. The summed E-state index contributed by atoms with van der Waals surface area (Å²) in [6.07, 6.45) is 2.71. The maximum absolute atomic E-state index is 12.4. The third-order valence-electron chi connectivity index (χ3n) is 5.54. The summed E-state index contributed by atoms with van der Waals surface area (Å²) < 4.78 is 37.9. The first kappa shape index (κ1) is 19.3. The molecule has 0 radical (unpaired) electrons. The van der Waals surface area contributed by atoms with Crippen molar-refractivity contribution >= 4 is 26.8 Å². The molecule has 4 rings (SSSR count). The molecule has 0 amide bonds. The van der Waals surface area contributed by atoms with Crippen molar-refractivity contribution in [2.45, 2.75) is 69.3 Å². The zero-order valence-electron chi connectivity index (χ0n) is 15.9. The van der Waals surface area contributed by atoms with Gasteiger partial charge in [-0.3, -0.25) is 4.57 Å². The van der Waals surface area contributed by atoms with Gasteiger partial charge in [0.15, 0.2) is 33.0 Å². The number of aliphatic hydroxyl groups is 1. The van der Waals surface area contributed by atoms with Crippen LogP contribution in [-0.4, -0.2) is 62.4 Å². The molecule has 3 N–H and O–H groups in total. The molecule has 28 heavy (non-hydrogen) atoms. The van der Waals surface area contributed by atoms with Gasteiger partial charge in [0.1, 0.15) is 17.5 Å². The fraction of sp³-hybridized carbons (Fsp3) is 0.706. The molecular weight excluding hydrogens is 386 g/mol. The monoisotopic (exact) mass is 411 g/mol. The molecular formula is C17H25N5O5S. The maximum atomic E-state index is 12.4. The van der Waals surface area contributed by atoms with Crippen LogP contribution < -0.4 is 10.5 Å². The minimum absolute atomic E-state index is 0.0562. The summed E-state index contributed by atoms with van der Waals surface area (Å²) in [6.45, 7) is 3.19. The Morgan fingerprint density at radius 1 is 1.36 bits per heavy atom. The van der Waals surface area contributed by atoms with Gasteiger partial charge in [-0.25, -0.2) is 13.4 Å². The van der Waals surface area contributed by atoms with Crippen molar-refractivity contribution in [1.29, 1.82) is 0 Å². The van der Waals surface area contributed by atoms with E-state index in [1.165, 1.54) is 10.9 Å². The van der Waals surface area contributed by atoms with E-state index >= 15 is 0 Å². The number of hydrogen-bond donors (Lipinski definition) is 2. The lowest BCUT2D eigenvalue weighted by molar-refractivity contribution is -0.0298. The van der Waals surface area contributed by atoms with Gasteiger partial charge < -0.3 is 20.3 Å². The van der Waals surface area contributed by atoms with E-state index in [1.54, 1.807) is 13.8 Å². The van der Waals surface area contributed by atoms with Crippen molar-refractivity contribution in [2.75, 3.05) is 11.5 Å². The highest BCUT2D eigenvalue weighted by Crippen LogP contribution is 2.36. The van der Waals surface area contributed by atoms with E-state index < -0.39 is 33.5 Å². The van der Waals surface area contributed by atoms with Crippen molar-refractivity contribution in [3.05, 3.63) is 6.33 Å². The van der Waals surface area contributed by atoms with Crippen molar-refractivity contribution < 1.29 is 23.0 Å². The molecule has 4 atom stereocenters. The molecule has 2 aromatic rings. The minimum Gasteiger partial charge on any atom is -0.460 e. The molecule has 1 saturated heterocycles. The molecule has 1 aliphatic carbocycles. The number of anilines is 1. The molecule has 2 fully saturated rings. The van der Waals surface area contributed by atoms with Crippen LogP contribution in [0, 0.1) is 0 Å². The predicted molar refractivity (Wildman–Crippen MR) is 101 cm³/mol. The van der Waals surface area contributed by atoms with Gasteiger partial charge in [0, 0.05) is 5.75 Å². The van der Waals surface area contributed by atoms with Crippen LogP contribution in [0.3, 0.4) is 0 Å². The number of nitrogens with zero attached hydrogens (tertiary/aromatic N) is 4. The Balaban J connectivity index is 1.70. The third kappa shape index (κ3) is 3.20. The molecule has 0 bridgehead atoms. The second kappa shape index (κ2) is 7.12. The summed E-state index contributed by atoms with van der Waals surface area (Å²) in [5.74, 6) is 0.0870. The Morgan fingerprint density at radius 3 is 2.75 bits per heavy atom. The number of hydrogen-bond acceptors (Lipinski definition) is 9. The first-order valence-electron chi connectivity index (χ1n) is 9.53. The Hall–Kier alpha value is -1.98. The van der Waals surface area contributed by atoms with Gasteiger partial charge in [-0.2, -0.15) is 9.97 Å². The Morgan fingerprint density at radius 2 is 2.07 bits per heavy atom. The highest BCUT2D eigenvalue weighted by Gasteiger charge is 2.49. The molecule has 0 spiro atoms. The summed E-state index contributed by atoms with van der Waals surface area (Å²) in [5, 5.41) is 9.71. The first-order chi connectivity index (χ1) is 13.3. The average molecular weight is 411 g/mol.